The van der Waals surface area contributed by atoms with Crippen molar-refractivity contribution in [2.45, 2.75) is 46.5 Å². The molecule has 1 aromatic heterocycles. The Morgan fingerprint density at radius 3 is 2.05 bits per heavy atom. The summed E-state index contributed by atoms with van der Waals surface area (Å²) in [6.07, 6.45) is 1.51. The molecule has 2 aromatic rings. The van der Waals surface area contributed by atoms with Crippen molar-refractivity contribution in [1.82, 2.24) is 0 Å². The number of rotatable bonds is 4. The van der Waals surface area contributed by atoms with Crippen LogP contribution in [-0.2, 0) is 0 Å². The maximum atomic E-state index is 11.9. The van der Waals surface area contributed by atoms with Gasteiger partial charge in [-0.05, 0) is 36.0 Å². The van der Waals surface area contributed by atoms with Crippen LogP contribution >= 0.6 is 0 Å². The number of aromatic nitrogens is 1. The lowest BCUT2D eigenvalue weighted by Crippen LogP contribution is -2.33. The van der Waals surface area contributed by atoms with Gasteiger partial charge in [-0.2, -0.15) is 4.73 Å². The Kier molecular flexibility index (Phi) is 4.96. The molecule has 1 aromatic carbocycles. The van der Waals surface area contributed by atoms with Crippen LogP contribution < -0.4 is 4.73 Å². The minimum Gasteiger partial charge on any atom is -0.618 e. The summed E-state index contributed by atoms with van der Waals surface area (Å²) in [6.45, 7) is 10.6. The van der Waals surface area contributed by atoms with Gasteiger partial charge >= 0.3 is 0 Å². The van der Waals surface area contributed by atoms with Gasteiger partial charge < -0.3 is 5.21 Å². The van der Waals surface area contributed by atoms with Crippen LogP contribution in [0.15, 0.2) is 47.6 Å². The molecule has 0 aliphatic rings. The third kappa shape index (κ3) is 3.35. The van der Waals surface area contributed by atoms with E-state index in [4.69, 9.17) is 4.99 Å². The summed E-state index contributed by atoms with van der Waals surface area (Å²) in [6, 6.07) is 11.7. The summed E-state index contributed by atoms with van der Waals surface area (Å²) in [7, 11) is 0. The molecule has 0 unspecified atom stereocenters. The first-order valence-electron chi connectivity index (χ1n) is 7.78. The minimum atomic E-state index is 0.389. The zero-order valence-electron chi connectivity index (χ0n) is 14.0. The van der Waals surface area contributed by atoms with Gasteiger partial charge in [0.2, 0.25) is 5.69 Å². The van der Waals surface area contributed by atoms with Crippen molar-refractivity contribution in [1.29, 1.82) is 0 Å². The number of hydrogen-bond donors (Lipinski definition) is 0. The van der Waals surface area contributed by atoms with Crippen molar-refractivity contribution in [3.8, 4) is 0 Å². The zero-order chi connectivity index (χ0) is 16.3. The van der Waals surface area contributed by atoms with Crippen LogP contribution in [0.1, 0.15) is 63.3 Å². The number of nitrogens with zero attached hydrogens (tertiary/aromatic N) is 2. The molecular weight excluding hydrogens is 272 g/mol. The van der Waals surface area contributed by atoms with Crippen LogP contribution in [0.3, 0.4) is 0 Å². The quantitative estimate of drug-likeness (QED) is 0.457. The van der Waals surface area contributed by atoms with Crippen LogP contribution in [0.2, 0.25) is 0 Å². The Labute approximate surface area is 132 Å². The summed E-state index contributed by atoms with van der Waals surface area (Å²) in [4.78, 5) is 4.83. The van der Waals surface area contributed by atoms with Crippen LogP contribution in [0.5, 0.6) is 0 Å². The van der Waals surface area contributed by atoms with Crippen molar-refractivity contribution < 1.29 is 4.73 Å². The third-order valence-electron chi connectivity index (χ3n) is 3.82. The van der Waals surface area contributed by atoms with E-state index in [2.05, 4.69) is 45.9 Å². The van der Waals surface area contributed by atoms with Crippen molar-refractivity contribution in [2.75, 3.05) is 0 Å². The number of pyridine rings is 1. The van der Waals surface area contributed by atoms with Crippen LogP contribution in [0.25, 0.3) is 0 Å². The molecule has 0 saturated heterocycles. The summed E-state index contributed by atoms with van der Waals surface area (Å²) in [5.74, 6) is 0.779. The van der Waals surface area contributed by atoms with Gasteiger partial charge in [0.25, 0.3) is 0 Å². The van der Waals surface area contributed by atoms with Gasteiger partial charge in [-0.1, -0.05) is 45.9 Å². The first-order chi connectivity index (χ1) is 10.4. The molecule has 0 aliphatic heterocycles. The summed E-state index contributed by atoms with van der Waals surface area (Å²) in [5.41, 5.74) is 4.79. The van der Waals surface area contributed by atoms with Crippen LogP contribution in [0, 0.1) is 5.21 Å². The van der Waals surface area contributed by atoms with E-state index < -0.39 is 0 Å². The fourth-order valence-electron chi connectivity index (χ4n) is 2.57. The van der Waals surface area contributed by atoms with Gasteiger partial charge in [-0.25, -0.2) is 4.99 Å². The Hall–Kier alpha value is -2.16. The standard InChI is InChI=1S/C19H24N2O/c1-13(2)16-9-8-10-17(14(3)4)19(16)20-15(5)18-11-6-7-12-21(18)22/h6-14H,1-5H3. The van der Waals surface area contributed by atoms with Crippen molar-refractivity contribution in [2.24, 2.45) is 4.99 Å². The number of aliphatic imine (C=N–C) groups is 1. The van der Waals surface area contributed by atoms with E-state index in [0.29, 0.717) is 17.5 Å². The van der Waals surface area contributed by atoms with Gasteiger partial charge in [0.1, 0.15) is 5.71 Å². The molecular formula is C19H24N2O. The second kappa shape index (κ2) is 6.73. The normalized spacial score (nSPS) is 12.2. The Balaban J connectivity index is 2.61. The Morgan fingerprint density at radius 1 is 0.955 bits per heavy atom. The van der Waals surface area contributed by atoms with Crippen molar-refractivity contribution in [3.63, 3.8) is 0 Å². The second-order valence-corrected chi connectivity index (χ2v) is 6.20. The molecule has 0 N–H and O–H groups in total. The second-order valence-electron chi connectivity index (χ2n) is 6.20. The van der Waals surface area contributed by atoms with Crippen molar-refractivity contribution in [3.05, 3.63) is 64.6 Å². The third-order valence-corrected chi connectivity index (χ3v) is 3.82. The lowest BCUT2D eigenvalue weighted by atomic mass is 9.93. The van der Waals surface area contributed by atoms with E-state index in [1.54, 1.807) is 12.1 Å². The van der Waals surface area contributed by atoms with Gasteiger partial charge in [0, 0.05) is 12.1 Å². The van der Waals surface area contributed by atoms with E-state index in [0.717, 1.165) is 16.1 Å². The van der Waals surface area contributed by atoms with Crippen LogP contribution in [-0.4, -0.2) is 5.71 Å². The number of para-hydroxylation sites is 1. The molecule has 0 amide bonds. The molecule has 0 fully saturated rings. The van der Waals surface area contributed by atoms with E-state index in [-0.39, 0.29) is 0 Å². The molecule has 0 saturated carbocycles. The highest BCUT2D eigenvalue weighted by molar-refractivity contribution is 5.97. The Bertz CT molecular complexity index is 661. The molecule has 1 heterocycles. The van der Waals surface area contributed by atoms with Gasteiger partial charge in [0.15, 0.2) is 6.20 Å². The summed E-state index contributed by atoms with van der Waals surface area (Å²) < 4.78 is 0.867. The van der Waals surface area contributed by atoms with E-state index >= 15 is 0 Å². The van der Waals surface area contributed by atoms with Gasteiger partial charge in [-0.3, -0.25) is 0 Å². The molecule has 2 rings (SSSR count). The smallest absolute Gasteiger partial charge is 0.237 e. The number of hydrogen-bond acceptors (Lipinski definition) is 2. The van der Waals surface area contributed by atoms with E-state index in [1.807, 2.05) is 13.0 Å². The fourth-order valence-corrected chi connectivity index (χ4v) is 2.57. The molecule has 0 radical (unpaired) electrons. The largest absolute Gasteiger partial charge is 0.618 e. The highest BCUT2D eigenvalue weighted by Crippen LogP contribution is 2.35. The van der Waals surface area contributed by atoms with E-state index in [1.165, 1.54) is 17.3 Å². The SMILES string of the molecule is CC(=Nc1c(C(C)C)cccc1C(C)C)c1cccc[n+]1[O-]. The topological polar surface area (TPSA) is 39.3 Å². The maximum absolute atomic E-state index is 11.9. The lowest BCUT2D eigenvalue weighted by Gasteiger charge is -2.17. The molecule has 0 atom stereocenters. The highest BCUT2D eigenvalue weighted by Gasteiger charge is 2.15. The first-order valence-corrected chi connectivity index (χ1v) is 7.78. The first kappa shape index (κ1) is 16.2. The molecule has 22 heavy (non-hydrogen) atoms. The lowest BCUT2D eigenvalue weighted by molar-refractivity contribution is -0.606. The number of benzene rings is 1. The van der Waals surface area contributed by atoms with Crippen LogP contribution in [0.4, 0.5) is 5.69 Å². The summed E-state index contributed by atoms with van der Waals surface area (Å²) in [5, 5.41) is 11.9. The Morgan fingerprint density at radius 2 is 1.55 bits per heavy atom. The predicted octanol–water partition coefficient (Wildman–Crippen LogP) is 4.71. The van der Waals surface area contributed by atoms with Crippen molar-refractivity contribution >= 4 is 11.4 Å². The predicted molar refractivity (Wildman–Crippen MR) is 91.9 cm³/mol. The molecule has 0 aliphatic carbocycles. The molecule has 3 nitrogen and oxygen atoms in total. The monoisotopic (exact) mass is 296 g/mol. The highest BCUT2D eigenvalue weighted by atomic mass is 16.5. The average molecular weight is 296 g/mol. The molecule has 0 spiro atoms. The zero-order valence-corrected chi connectivity index (χ0v) is 14.0. The van der Waals surface area contributed by atoms with Gasteiger partial charge in [-0.15, -0.1) is 0 Å². The maximum Gasteiger partial charge on any atom is 0.237 e. The fraction of sp³-hybridized carbons (Fsp3) is 0.368. The molecule has 0 bridgehead atoms. The minimum absolute atomic E-state index is 0.389. The summed E-state index contributed by atoms with van der Waals surface area (Å²) >= 11 is 0. The van der Waals surface area contributed by atoms with E-state index in [9.17, 15) is 5.21 Å². The molecule has 116 valence electrons. The molecule has 3 heteroatoms. The van der Waals surface area contributed by atoms with Gasteiger partial charge in [0.05, 0.1) is 5.69 Å². The average Bonchev–Trinajstić information content (AvgIpc) is 2.47.